The van der Waals surface area contributed by atoms with Crippen molar-refractivity contribution < 1.29 is 27.3 Å². The number of benzene rings is 3. The predicted octanol–water partition coefficient (Wildman–Crippen LogP) is 3.78. The van der Waals surface area contributed by atoms with Crippen molar-refractivity contribution >= 4 is 27.4 Å². The zero-order valence-electron chi connectivity index (χ0n) is 15.6. The molecule has 0 saturated carbocycles. The minimum absolute atomic E-state index is 0.115. The van der Waals surface area contributed by atoms with Crippen molar-refractivity contribution in [1.29, 1.82) is 0 Å². The molecule has 154 valence electrons. The minimum atomic E-state index is -4.12. The number of hydrogen-bond acceptors (Lipinski definition) is 6. The van der Waals surface area contributed by atoms with Crippen molar-refractivity contribution in [2.45, 2.75) is 4.90 Å². The van der Waals surface area contributed by atoms with E-state index in [-0.39, 0.29) is 22.7 Å². The molecule has 0 bridgehead atoms. The van der Waals surface area contributed by atoms with Crippen LogP contribution in [0.25, 0.3) is 0 Å². The molecule has 0 aromatic heterocycles. The first-order chi connectivity index (χ1) is 14.2. The molecule has 0 N–H and O–H groups in total. The van der Waals surface area contributed by atoms with Crippen LogP contribution in [0.4, 0.5) is 15.8 Å². The number of nitro benzene ring substituents is 1. The topological polar surface area (TPSA) is 107 Å². The van der Waals surface area contributed by atoms with E-state index in [1.165, 1.54) is 73.8 Å². The van der Waals surface area contributed by atoms with Gasteiger partial charge in [-0.1, -0.05) is 12.1 Å². The van der Waals surface area contributed by atoms with Gasteiger partial charge in [-0.2, -0.15) is 0 Å². The van der Waals surface area contributed by atoms with Gasteiger partial charge in [-0.15, -0.1) is 0 Å². The number of nitro groups is 1. The SMILES string of the molecule is CN(c1ccc(OC(=O)c2ccc([N+](=O)[O-])cc2)cc1)S(=O)(=O)c1ccccc1F. The largest absolute Gasteiger partial charge is 0.423 e. The van der Waals surface area contributed by atoms with E-state index in [0.717, 1.165) is 10.4 Å². The van der Waals surface area contributed by atoms with Gasteiger partial charge in [0.25, 0.3) is 15.7 Å². The van der Waals surface area contributed by atoms with Crippen LogP contribution in [-0.2, 0) is 10.0 Å². The van der Waals surface area contributed by atoms with Gasteiger partial charge in [0.05, 0.1) is 16.2 Å². The molecule has 0 radical (unpaired) electrons. The van der Waals surface area contributed by atoms with Gasteiger partial charge in [0, 0.05) is 19.2 Å². The molecule has 0 atom stereocenters. The normalized spacial score (nSPS) is 11.0. The highest BCUT2D eigenvalue weighted by atomic mass is 32.2. The monoisotopic (exact) mass is 430 g/mol. The third kappa shape index (κ3) is 4.28. The minimum Gasteiger partial charge on any atom is -0.423 e. The standard InChI is InChI=1S/C20H15FN2O6S/c1-22(30(27,28)19-5-3-2-4-18(19)21)15-10-12-17(13-11-15)29-20(24)14-6-8-16(9-7-14)23(25)26/h2-13H,1H3. The summed E-state index contributed by atoms with van der Waals surface area (Å²) in [5.41, 5.74) is 0.187. The van der Waals surface area contributed by atoms with Crippen molar-refractivity contribution in [3.8, 4) is 5.75 Å². The highest BCUT2D eigenvalue weighted by Gasteiger charge is 2.24. The Morgan fingerprint density at radius 3 is 2.17 bits per heavy atom. The molecule has 0 aliphatic heterocycles. The van der Waals surface area contributed by atoms with Gasteiger partial charge in [-0.05, 0) is 48.5 Å². The van der Waals surface area contributed by atoms with Crippen LogP contribution >= 0.6 is 0 Å². The van der Waals surface area contributed by atoms with Gasteiger partial charge in [0.1, 0.15) is 16.5 Å². The summed E-state index contributed by atoms with van der Waals surface area (Å²) in [6, 6.07) is 15.5. The molecule has 3 aromatic rings. The number of nitrogens with zero attached hydrogens (tertiary/aromatic N) is 2. The van der Waals surface area contributed by atoms with E-state index in [1.807, 2.05) is 0 Å². The molecule has 0 aliphatic rings. The molecule has 0 amide bonds. The third-order valence-corrected chi connectivity index (χ3v) is 6.02. The van der Waals surface area contributed by atoms with E-state index in [9.17, 15) is 27.7 Å². The maximum absolute atomic E-state index is 13.9. The van der Waals surface area contributed by atoms with Crippen LogP contribution in [0.2, 0.25) is 0 Å². The Hall–Kier alpha value is -3.79. The van der Waals surface area contributed by atoms with E-state index in [1.54, 1.807) is 0 Å². The molecule has 0 saturated heterocycles. The van der Waals surface area contributed by atoms with E-state index in [0.29, 0.717) is 0 Å². The van der Waals surface area contributed by atoms with Crippen molar-refractivity contribution in [3.63, 3.8) is 0 Å². The molecular weight excluding hydrogens is 415 g/mol. The van der Waals surface area contributed by atoms with Crippen molar-refractivity contribution in [2.75, 3.05) is 11.4 Å². The summed E-state index contributed by atoms with van der Waals surface area (Å²) in [6.45, 7) is 0. The highest BCUT2D eigenvalue weighted by Crippen LogP contribution is 2.26. The fourth-order valence-corrected chi connectivity index (χ4v) is 3.81. The zero-order chi connectivity index (χ0) is 21.9. The van der Waals surface area contributed by atoms with Crippen molar-refractivity contribution in [2.24, 2.45) is 0 Å². The molecule has 0 fully saturated rings. The number of halogens is 1. The number of anilines is 1. The summed E-state index contributed by atoms with van der Waals surface area (Å²) >= 11 is 0. The van der Waals surface area contributed by atoms with Gasteiger partial charge in [0.2, 0.25) is 0 Å². The van der Waals surface area contributed by atoms with Gasteiger partial charge < -0.3 is 4.74 Å². The Kier molecular flexibility index (Phi) is 5.79. The van der Waals surface area contributed by atoms with E-state index >= 15 is 0 Å². The summed E-state index contributed by atoms with van der Waals surface area (Å²) in [4.78, 5) is 21.8. The van der Waals surface area contributed by atoms with Gasteiger partial charge in [-0.25, -0.2) is 17.6 Å². The Balaban J connectivity index is 1.75. The number of esters is 1. The molecule has 0 unspecified atom stereocenters. The first-order valence-corrected chi connectivity index (χ1v) is 9.94. The molecule has 3 rings (SSSR count). The number of rotatable bonds is 6. The van der Waals surface area contributed by atoms with Crippen LogP contribution in [-0.4, -0.2) is 26.4 Å². The smallest absolute Gasteiger partial charge is 0.343 e. The molecule has 8 nitrogen and oxygen atoms in total. The number of non-ortho nitro benzene ring substituents is 1. The maximum Gasteiger partial charge on any atom is 0.343 e. The number of ether oxygens (including phenoxy) is 1. The Labute approximate surface area is 171 Å². The lowest BCUT2D eigenvalue weighted by Gasteiger charge is -2.20. The van der Waals surface area contributed by atoms with Crippen LogP contribution in [0, 0.1) is 15.9 Å². The average molecular weight is 430 g/mol. The van der Waals surface area contributed by atoms with Gasteiger partial charge in [0.15, 0.2) is 0 Å². The second-order valence-electron chi connectivity index (χ2n) is 6.09. The second kappa shape index (κ2) is 8.29. The predicted molar refractivity (Wildman–Crippen MR) is 106 cm³/mol. The van der Waals surface area contributed by atoms with E-state index in [2.05, 4.69) is 0 Å². The lowest BCUT2D eigenvalue weighted by molar-refractivity contribution is -0.384. The van der Waals surface area contributed by atoms with Crippen molar-refractivity contribution in [3.05, 3.63) is 94.3 Å². The van der Waals surface area contributed by atoms with Crippen LogP contribution < -0.4 is 9.04 Å². The lowest BCUT2D eigenvalue weighted by Crippen LogP contribution is -2.27. The Bertz CT molecular complexity index is 1190. The zero-order valence-corrected chi connectivity index (χ0v) is 16.4. The summed E-state index contributed by atoms with van der Waals surface area (Å²) in [7, 11) is -2.84. The Morgan fingerprint density at radius 1 is 1.00 bits per heavy atom. The fraction of sp³-hybridized carbons (Fsp3) is 0.0500. The van der Waals surface area contributed by atoms with Crippen LogP contribution in [0.15, 0.2) is 77.7 Å². The molecule has 0 spiro atoms. The molecule has 0 aliphatic carbocycles. The van der Waals surface area contributed by atoms with E-state index in [4.69, 9.17) is 4.74 Å². The number of hydrogen-bond donors (Lipinski definition) is 0. The summed E-state index contributed by atoms with van der Waals surface area (Å²) in [6.07, 6.45) is 0. The summed E-state index contributed by atoms with van der Waals surface area (Å²) < 4.78 is 45.3. The van der Waals surface area contributed by atoms with Crippen LogP contribution in [0.3, 0.4) is 0 Å². The summed E-state index contributed by atoms with van der Waals surface area (Å²) in [5.74, 6) is -1.46. The van der Waals surface area contributed by atoms with Gasteiger partial charge in [-0.3, -0.25) is 14.4 Å². The van der Waals surface area contributed by atoms with E-state index < -0.39 is 31.6 Å². The number of carbonyl (C=O) groups excluding carboxylic acids is 1. The average Bonchev–Trinajstić information content (AvgIpc) is 2.74. The second-order valence-corrected chi connectivity index (χ2v) is 8.03. The van der Waals surface area contributed by atoms with Crippen LogP contribution in [0.1, 0.15) is 10.4 Å². The lowest BCUT2D eigenvalue weighted by atomic mass is 10.2. The van der Waals surface area contributed by atoms with Crippen molar-refractivity contribution in [1.82, 2.24) is 0 Å². The highest BCUT2D eigenvalue weighted by molar-refractivity contribution is 7.92. The number of carbonyl (C=O) groups is 1. The molecule has 30 heavy (non-hydrogen) atoms. The fourth-order valence-electron chi connectivity index (χ4n) is 2.55. The van der Waals surface area contributed by atoms with Gasteiger partial charge >= 0.3 is 5.97 Å². The molecule has 3 aromatic carbocycles. The van der Waals surface area contributed by atoms with Crippen LogP contribution in [0.5, 0.6) is 5.75 Å². The first-order valence-electron chi connectivity index (χ1n) is 8.50. The first kappa shape index (κ1) is 20.9. The molecule has 0 heterocycles. The third-order valence-electron chi connectivity index (χ3n) is 4.20. The number of sulfonamides is 1. The maximum atomic E-state index is 13.9. The molecular formula is C20H15FN2O6S. The Morgan fingerprint density at radius 2 is 1.60 bits per heavy atom. The summed E-state index contributed by atoms with van der Waals surface area (Å²) in [5, 5.41) is 10.7. The molecule has 10 heteroatoms. The quantitative estimate of drug-likeness (QED) is 0.255.